The molecule has 0 unspecified atom stereocenters. The second-order valence-electron chi connectivity index (χ2n) is 8.31. The molecule has 0 saturated carbocycles. The molecule has 1 amide bonds. The molecule has 0 radical (unpaired) electrons. The molecule has 0 aliphatic carbocycles. The Labute approximate surface area is 195 Å². The molecule has 1 fully saturated rings. The van der Waals surface area contributed by atoms with Gasteiger partial charge in [-0.15, -0.1) is 0 Å². The summed E-state index contributed by atoms with van der Waals surface area (Å²) in [6.45, 7) is 8.60. The summed E-state index contributed by atoms with van der Waals surface area (Å²) in [5, 5.41) is 0.694. The molecule has 0 bridgehead atoms. The van der Waals surface area contributed by atoms with Crippen molar-refractivity contribution in [3.8, 4) is 5.75 Å². The van der Waals surface area contributed by atoms with Crippen LogP contribution in [0.25, 0.3) is 0 Å². The van der Waals surface area contributed by atoms with E-state index in [0.717, 1.165) is 18.8 Å². The third-order valence-electron chi connectivity index (χ3n) is 5.30. The zero-order valence-corrected chi connectivity index (χ0v) is 20.2. The lowest BCUT2D eigenvalue weighted by Crippen LogP contribution is -2.50. The van der Waals surface area contributed by atoms with Gasteiger partial charge in [-0.3, -0.25) is 4.79 Å². The summed E-state index contributed by atoms with van der Waals surface area (Å²) in [5.41, 5.74) is 1.71. The standard InChI is InChI=1S/C23H30ClN3O4S/c1-17(2)15-25-32(29,30)21-7-8-22(18(3)13-21)31-16-23(28)27-11-9-26(10-12-27)20-6-4-5-19(24)14-20/h4-8,13-14,17,25H,9-12,15-16H2,1-3H3. The van der Waals surface area contributed by atoms with Crippen LogP contribution in [0.15, 0.2) is 47.4 Å². The van der Waals surface area contributed by atoms with Gasteiger partial charge < -0.3 is 14.5 Å². The highest BCUT2D eigenvalue weighted by atomic mass is 35.5. The highest BCUT2D eigenvalue weighted by Crippen LogP contribution is 2.23. The van der Waals surface area contributed by atoms with Crippen molar-refractivity contribution < 1.29 is 17.9 Å². The van der Waals surface area contributed by atoms with E-state index in [9.17, 15) is 13.2 Å². The van der Waals surface area contributed by atoms with Crippen LogP contribution in [-0.4, -0.2) is 58.6 Å². The van der Waals surface area contributed by atoms with Crippen LogP contribution in [0.4, 0.5) is 5.69 Å². The average molecular weight is 480 g/mol. The first kappa shape index (κ1) is 24.4. The number of anilines is 1. The Morgan fingerprint density at radius 2 is 1.84 bits per heavy atom. The van der Waals surface area contributed by atoms with Crippen LogP contribution in [0.5, 0.6) is 5.75 Å². The number of ether oxygens (including phenoxy) is 1. The van der Waals surface area contributed by atoms with E-state index in [1.54, 1.807) is 24.0 Å². The topological polar surface area (TPSA) is 78.9 Å². The molecule has 2 aromatic carbocycles. The first-order valence-electron chi connectivity index (χ1n) is 10.7. The number of halogens is 1. The Balaban J connectivity index is 1.53. The predicted molar refractivity (Wildman–Crippen MR) is 127 cm³/mol. The maximum atomic E-state index is 12.6. The second kappa shape index (κ2) is 10.6. The summed E-state index contributed by atoms with van der Waals surface area (Å²) >= 11 is 6.07. The Kier molecular flexibility index (Phi) is 8.03. The number of carbonyl (C=O) groups excluding carboxylic acids is 1. The number of hydrogen-bond donors (Lipinski definition) is 1. The fourth-order valence-electron chi connectivity index (χ4n) is 3.43. The van der Waals surface area contributed by atoms with E-state index in [4.69, 9.17) is 16.3 Å². The second-order valence-corrected chi connectivity index (χ2v) is 10.5. The van der Waals surface area contributed by atoms with Gasteiger partial charge in [0, 0.05) is 43.4 Å². The quantitative estimate of drug-likeness (QED) is 0.628. The van der Waals surface area contributed by atoms with Crippen molar-refractivity contribution >= 4 is 33.2 Å². The molecule has 9 heteroatoms. The van der Waals surface area contributed by atoms with Crippen molar-refractivity contribution in [3.63, 3.8) is 0 Å². The highest BCUT2D eigenvalue weighted by molar-refractivity contribution is 7.89. The van der Waals surface area contributed by atoms with Gasteiger partial charge >= 0.3 is 0 Å². The molecule has 1 N–H and O–H groups in total. The van der Waals surface area contributed by atoms with E-state index < -0.39 is 10.0 Å². The number of nitrogens with zero attached hydrogens (tertiary/aromatic N) is 2. The number of carbonyl (C=O) groups is 1. The van der Waals surface area contributed by atoms with Crippen LogP contribution in [0.2, 0.25) is 5.02 Å². The number of benzene rings is 2. The van der Waals surface area contributed by atoms with Crippen molar-refractivity contribution in [2.24, 2.45) is 5.92 Å². The maximum Gasteiger partial charge on any atom is 0.260 e. The van der Waals surface area contributed by atoms with Crippen LogP contribution in [0.1, 0.15) is 19.4 Å². The van der Waals surface area contributed by atoms with Crippen molar-refractivity contribution in [2.75, 3.05) is 44.2 Å². The smallest absolute Gasteiger partial charge is 0.260 e. The molecule has 0 atom stereocenters. The molecule has 174 valence electrons. The Hall–Kier alpha value is -2.29. The number of aryl methyl sites for hydroxylation is 1. The number of sulfonamides is 1. The zero-order valence-electron chi connectivity index (χ0n) is 18.7. The summed E-state index contributed by atoms with van der Waals surface area (Å²) in [6, 6.07) is 12.4. The third-order valence-corrected chi connectivity index (χ3v) is 6.95. The van der Waals surface area contributed by atoms with Crippen molar-refractivity contribution in [2.45, 2.75) is 25.7 Å². The highest BCUT2D eigenvalue weighted by Gasteiger charge is 2.22. The molecule has 32 heavy (non-hydrogen) atoms. The summed E-state index contributed by atoms with van der Waals surface area (Å²) in [5.74, 6) is 0.621. The summed E-state index contributed by atoms with van der Waals surface area (Å²) in [7, 11) is -3.57. The molecule has 3 rings (SSSR count). The van der Waals surface area contributed by atoms with Crippen molar-refractivity contribution in [1.82, 2.24) is 9.62 Å². The Morgan fingerprint density at radius 3 is 2.47 bits per heavy atom. The van der Waals surface area contributed by atoms with E-state index in [2.05, 4.69) is 9.62 Å². The van der Waals surface area contributed by atoms with Crippen molar-refractivity contribution in [3.05, 3.63) is 53.1 Å². The zero-order chi connectivity index (χ0) is 23.3. The van der Waals surface area contributed by atoms with Gasteiger partial charge in [0.05, 0.1) is 4.90 Å². The molecule has 1 aliphatic rings. The fraction of sp³-hybridized carbons (Fsp3) is 0.435. The van der Waals surface area contributed by atoms with Gasteiger partial charge in [0.2, 0.25) is 10.0 Å². The summed E-state index contributed by atoms with van der Waals surface area (Å²) in [6.07, 6.45) is 0. The molecule has 1 saturated heterocycles. The molecule has 7 nitrogen and oxygen atoms in total. The lowest BCUT2D eigenvalue weighted by Gasteiger charge is -2.36. The molecule has 1 heterocycles. The van der Waals surface area contributed by atoms with Gasteiger partial charge in [0.15, 0.2) is 6.61 Å². The molecular formula is C23H30ClN3O4S. The molecule has 0 aromatic heterocycles. The van der Waals surface area contributed by atoms with E-state index in [-0.39, 0.29) is 23.3 Å². The van der Waals surface area contributed by atoms with Crippen LogP contribution in [0.3, 0.4) is 0 Å². The van der Waals surface area contributed by atoms with Crippen LogP contribution in [-0.2, 0) is 14.8 Å². The average Bonchev–Trinajstić information content (AvgIpc) is 2.77. The first-order chi connectivity index (χ1) is 15.2. The number of hydrogen-bond acceptors (Lipinski definition) is 5. The van der Waals surface area contributed by atoms with E-state index in [1.165, 1.54) is 6.07 Å². The number of amides is 1. The van der Waals surface area contributed by atoms with Gasteiger partial charge in [-0.25, -0.2) is 13.1 Å². The molecule has 0 spiro atoms. The van der Waals surface area contributed by atoms with E-state index in [1.807, 2.05) is 38.1 Å². The van der Waals surface area contributed by atoms with Gasteiger partial charge in [-0.05, 0) is 54.8 Å². The fourth-order valence-corrected chi connectivity index (χ4v) is 4.91. The van der Waals surface area contributed by atoms with E-state index in [0.29, 0.717) is 36.0 Å². The van der Waals surface area contributed by atoms with Gasteiger partial charge in [-0.1, -0.05) is 31.5 Å². The summed E-state index contributed by atoms with van der Waals surface area (Å²) in [4.78, 5) is 16.8. The number of nitrogens with one attached hydrogen (secondary N) is 1. The normalized spacial score (nSPS) is 14.7. The first-order valence-corrected chi connectivity index (χ1v) is 12.5. The molecule has 1 aliphatic heterocycles. The minimum absolute atomic E-state index is 0.0876. The van der Waals surface area contributed by atoms with Crippen LogP contribution >= 0.6 is 11.6 Å². The monoisotopic (exact) mass is 479 g/mol. The largest absolute Gasteiger partial charge is 0.483 e. The van der Waals surface area contributed by atoms with Crippen LogP contribution < -0.4 is 14.4 Å². The Morgan fingerprint density at radius 1 is 1.12 bits per heavy atom. The van der Waals surface area contributed by atoms with E-state index >= 15 is 0 Å². The van der Waals surface area contributed by atoms with Crippen LogP contribution in [0, 0.1) is 12.8 Å². The maximum absolute atomic E-state index is 12.6. The summed E-state index contributed by atoms with van der Waals surface area (Å²) < 4.78 is 33.1. The lowest BCUT2D eigenvalue weighted by molar-refractivity contribution is -0.133. The van der Waals surface area contributed by atoms with Crippen molar-refractivity contribution in [1.29, 1.82) is 0 Å². The van der Waals surface area contributed by atoms with Gasteiger partial charge in [-0.2, -0.15) is 0 Å². The molecular weight excluding hydrogens is 450 g/mol. The van der Waals surface area contributed by atoms with Gasteiger partial charge in [0.25, 0.3) is 5.91 Å². The third kappa shape index (κ3) is 6.37. The Bertz CT molecular complexity index is 1050. The minimum atomic E-state index is -3.57. The molecule has 2 aromatic rings. The lowest BCUT2D eigenvalue weighted by atomic mass is 10.2. The number of rotatable bonds is 8. The SMILES string of the molecule is Cc1cc(S(=O)(=O)NCC(C)C)ccc1OCC(=O)N1CCN(c2cccc(Cl)c2)CC1. The number of piperazine rings is 1. The predicted octanol–water partition coefficient (Wildman–Crippen LogP) is 3.31. The van der Waals surface area contributed by atoms with Gasteiger partial charge in [0.1, 0.15) is 5.75 Å². The minimum Gasteiger partial charge on any atom is -0.483 e.